The molecule has 0 aromatic heterocycles. The van der Waals surface area contributed by atoms with Gasteiger partial charge in [-0.25, -0.2) is 4.39 Å². The van der Waals surface area contributed by atoms with E-state index in [2.05, 4.69) is 17.6 Å². The number of halogens is 2. The van der Waals surface area contributed by atoms with Gasteiger partial charge >= 0.3 is 0 Å². The molecule has 138 valence electrons. The van der Waals surface area contributed by atoms with Crippen molar-refractivity contribution in [2.45, 2.75) is 32.1 Å². The molecule has 0 saturated carbocycles. The van der Waals surface area contributed by atoms with Crippen LogP contribution in [0.4, 0.5) is 10.1 Å². The van der Waals surface area contributed by atoms with Gasteiger partial charge in [0.25, 0.3) is 0 Å². The molecular formula is C18H25ClFN3O2. The number of hydrogen-bond acceptors (Lipinski definition) is 3. The molecule has 2 aliphatic heterocycles. The van der Waals surface area contributed by atoms with Crippen molar-refractivity contribution in [3.8, 4) is 0 Å². The maximum Gasteiger partial charge on any atom is 0.230 e. The van der Waals surface area contributed by atoms with Gasteiger partial charge < -0.3 is 15.5 Å². The van der Waals surface area contributed by atoms with Crippen molar-refractivity contribution in [2.75, 3.05) is 31.5 Å². The summed E-state index contributed by atoms with van der Waals surface area (Å²) >= 11 is 0. The molecule has 2 N–H and O–H groups in total. The van der Waals surface area contributed by atoms with Crippen molar-refractivity contribution in [1.82, 2.24) is 10.2 Å². The normalized spacial score (nSPS) is 20.5. The van der Waals surface area contributed by atoms with E-state index >= 15 is 0 Å². The lowest BCUT2D eigenvalue weighted by molar-refractivity contribution is -0.136. The maximum atomic E-state index is 13.4. The third kappa shape index (κ3) is 4.50. The fourth-order valence-corrected chi connectivity index (χ4v) is 3.58. The quantitative estimate of drug-likeness (QED) is 0.857. The number of nitrogens with one attached hydrogen (secondary N) is 2. The molecule has 1 atom stereocenters. The first kappa shape index (κ1) is 19.7. The Morgan fingerprint density at radius 2 is 2.08 bits per heavy atom. The molecule has 2 heterocycles. The second kappa shape index (κ2) is 8.63. The third-order valence-electron chi connectivity index (χ3n) is 4.96. The van der Waals surface area contributed by atoms with Crippen molar-refractivity contribution in [1.29, 1.82) is 0 Å². The number of fused-ring (bicyclic) bond motifs is 1. The molecule has 7 heteroatoms. The summed E-state index contributed by atoms with van der Waals surface area (Å²) in [6.07, 6.45) is 2.09. The molecule has 1 aromatic rings. The van der Waals surface area contributed by atoms with E-state index in [1.807, 2.05) is 4.90 Å². The van der Waals surface area contributed by atoms with Crippen LogP contribution in [0, 0.1) is 11.7 Å². The second-order valence-electron chi connectivity index (χ2n) is 6.61. The first-order chi connectivity index (χ1) is 11.6. The number of anilines is 1. The lowest BCUT2D eigenvalue weighted by atomic mass is 9.88. The summed E-state index contributed by atoms with van der Waals surface area (Å²) in [6.45, 7) is 5.50. The highest BCUT2D eigenvalue weighted by molar-refractivity contribution is 6.01. The summed E-state index contributed by atoms with van der Waals surface area (Å²) < 4.78 is 13.4. The largest absolute Gasteiger partial charge is 0.342 e. The molecule has 1 aromatic carbocycles. The van der Waals surface area contributed by atoms with Crippen LogP contribution in [-0.4, -0.2) is 42.9 Å². The van der Waals surface area contributed by atoms with E-state index in [1.54, 1.807) is 6.07 Å². The van der Waals surface area contributed by atoms with E-state index < -0.39 is 11.7 Å². The van der Waals surface area contributed by atoms with Gasteiger partial charge in [0.05, 0.1) is 5.92 Å². The zero-order chi connectivity index (χ0) is 17.1. The van der Waals surface area contributed by atoms with E-state index in [9.17, 15) is 14.0 Å². The Morgan fingerprint density at radius 3 is 2.76 bits per heavy atom. The predicted molar refractivity (Wildman–Crippen MR) is 97.5 cm³/mol. The first-order valence-electron chi connectivity index (χ1n) is 8.67. The number of hydrogen-bond donors (Lipinski definition) is 2. The van der Waals surface area contributed by atoms with Crippen LogP contribution in [-0.2, 0) is 9.59 Å². The van der Waals surface area contributed by atoms with Crippen molar-refractivity contribution in [2.24, 2.45) is 5.92 Å². The molecule has 1 fully saturated rings. The van der Waals surface area contributed by atoms with Gasteiger partial charge in [0.2, 0.25) is 11.8 Å². The van der Waals surface area contributed by atoms with Crippen LogP contribution >= 0.6 is 12.4 Å². The van der Waals surface area contributed by atoms with E-state index in [1.165, 1.54) is 12.1 Å². The lowest BCUT2D eigenvalue weighted by Gasteiger charge is -2.35. The number of amides is 2. The number of piperidine rings is 1. The Hall–Kier alpha value is -1.66. The van der Waals surface area contributed by atoms with Gasteiger partial charge in [-0.15, -0.1) is 12.4 Å². The smallest absolute Gasteiger partial charge is 0.230 e. The Kier molecular flexibility index (Phi) is 6.79. The zero-order valence-electron chi connectivity index (χ0n) is 14.4. The van der Waals surface area contributed by atoms with Crippen LogP contribution in [0.2, 0.25) is 0 Å². The SMILES string of the molecule is CCNCC1CCN(C(=O)C2CC(=O)Nc3cc(F)ccc32)CC1.Cl. The van der Waals surface area contributed by atoms with Gasteiger partial charge in [-0.3, -0.25) is 9.59 Å². The molecule has 2 aliphatic rings. The fourth-order valence-electron chi connectivity index (χ4n) is 3.58. The van der Waals surface area contributed by atoms with E-state index in [-0.39, 0.29) is 30.6 Å². The molecule has 2 amide bonds. The van der Waals surface area contributed by atoms with Crippen LogP contribution in [0.25, 0.3) is 0 Å². The number of nitrogens with zero attached hydrogens (tertiary/aromatic N) is 1. The monoisotopic (exact) mass is 369 g/mol. The minimum absolute atomic E-state index is 0. The molecule has 1 unspecified atom stereocenters. The molecule has 3 rings (SSSR count). The van der Waals surface area contributed by atoms with Gasteiger partial charge in [0.15, 0.2) is 0 Å². The number of likely N-dealkylation sites (tertiary alicyclic amines) is 1. The zero-order valence-corrected chi connectivity index (χ0v) is 15.2. The minimum atomic E-state index is -0.500. The number of rotatable bonds is 4. The highest BCUT2D eigenvalue weighted by Gasteiger charge is 2.34. The van der Waals surface area contributed by atoms with E-state index in [0.717, 1.165) is 44.6 Å². The molecule has 0 radical (unpaired) electrons. The summed E-state index contributed by atoms with van der Waals surface area (Å²) in [5.41, 5.74) is 1.14. The standard InChI is InChI=1S/C18H24FN3O2.ClH/c1-2-20-11-12-5-7-22(8-6-12)18(24)15-10-17(23)21-16-9-13(19)3-4-14(15)16;/h3-4,9,12,15,20H,2,5-8,10-11H2,1H3,(H,21,23);1H. The van der Waals surface area contributed by atoms with Crippen LogP contribution in [0.3, 0.4) is 0 Å². The van der Waals surface area contributed by atoms with Gasteiger partial charge in [-0.1, -0.05) is 13.0 Å². The fraction of sp³-hybridized carbons (Fsp3) is 0.556. The maximum absolute atomic E-state index is 13.4. The average Bonchev–Trinajstić information content (AvgIpc) is 2.58. The summed E-state index contributed by atoms with van der Waals surface area (Å²) in [5.74, 6) is -0.552. The van der Waals surface area contributed by atoms with Crippen LogP contribution < -0.4 is 10.6 Å². The number of benzene rings is 1. The lowest BCUT2D eigenvalue weighted by Crippen LogP contribution is -2.44. The molecule has 5 nitrogen and oxygen atoms in total. The molecule has 0 spiro atoms. The molecular weight excluding hydrogens is 345 g/mol. The molecule has 0 bridgehead atoms. The average molecular weight is 370 g/mol. The van der Waals surface area contributed by atoms with E-state index in [4.69, 9.17) is 0 Å². The Bertz CT molecular complexity index is 633. The van der Waals surface area contributed by atoms with Gasteiger partial charge in [-0.05, 0) is 49.5 Å². The van der Waals surface area contributed by atoms with Crippen LogP contribution in [0.5, 0.6) is 0 Å². The van der Waals surface area contributed by atoms with Gasteiger partial charge in [-0.2, -0.15) is 0 Å². The van der Waals surface area contributed by atoms with Crippen molar-refractivity contribution >= 4 is 29.9 Å². The first-order valence-corrected chi connectivity index (χ1v) is 8.67. The van der Waals surface area contributed by atoms with Crippen molar-refractivity contribution in [3.05, 3.63) is 29.6 Å². The Balaban J connectivity index is 0.00000225. The third-order valence-corrected chi connectivity index (χ3v) is 4.96. The van der Waals surface area contributed by atoms with Crippen LogP contribution in [0.15, 0.2) is 18.2 Å². The van der Waals surface area contributed by atoms with Crippen molar-refractivity contribution < 1.29 is 14.0 Å². The predicted octanol–water partition coefficient (Wildman–Crippen LogP) is 2.52. The minimum Gasteiger partial charge on any atom is -0.342 e. The summed E-state index contributed by atoms with van der Waals surface area (Å²) in [6, 6.07) is 4.25. The molecule has 25 heavy (non-hydrogen) atoms. The number of carbonyl (C=O) groups excluding carboxylic acids is 2. The molecule has 0 aliphatic carbocycles. The highest BCUT2D eigenvalue weighted by atomic mass is 35.5. The van der Waals surface area contributed by atoms with Crippen LogP contribution in [0.1, 0.15) is 37.7 Å². The van der Waals surface area contributed by atoms with Gasteiger partial charge in [0.1, 0.15) is 5.82 Å². The number of carbonyl (C=O) groups is 2. The topological polar surface area (TPSA) is 61.4 Å². The second-order valence-corrected chi connectivity index (χ2v) is 6.61. The van der Waals surface area contributed by atoms with E-state index in [0.29, 0.717) is 11.6 Å². The van der Waals surface area contributed by atoms with Crippen molar-refractivity contribution in [3.63, 3.8) is 0 Å². The molecule has 1 saturated heterocycles. The summed E-state index contributed by atoms with van der Waals surface area (Å²) in [4.78, 5) is 26.7. The van der Waals surface area contributed by atoms with Gasteiger partial charge in [0, 0.05) is 25.2 Å². The summed E-state index contributed by atoms with van der Waals surface area (Å²) in [5, 5.41) is 6.02. The highest BCUT2D eigenvalue weighted by Crippen LogP contribution is 2.34. The summed E-state index contributed by atoms with van der Waals surface area (Å²) in [7, 11) is 0. The Morgan fingerprint density at radius 1 is 1.36 bits per heavy atom. The Labute approximate surface area is 153 Å².